The van der Waals surface area contributed by atoms with Crippen LogP contribution < -0.4 is 14.1 Å². The molecule has 0 amide bonds. The second-order valence-electron chi connectivity index (χ2n) is 1.00. The monoisotopic (exact) mass is 227 g/mol. The van der Waals surface area contributed by atoms with Crippen LogP contribution in [0, 0.1) is 13.5 Å². The number of allylic oxidation sites excluding steroid dienone is 4. The maximum absolute atomic E-state index is 2.99. The summed E-state index contributed by atoms with van der Waals surface area (Å²) in [6, 6.07) is 0. The van der Waals surface area contributed by atoms with Crippen molar-refractivity contribution in [1.82, 2.24) is 0 Å². The third-order valence-electron chi connectivity index (χ3n) is 0.586. The Morgan fingerprint density at radius 2 is 1.60 bits per heavy atom. The Morgan fingerprint density at radius 1 is 1.10 bits per heavy atom. The third-order valence-corrected chi connectivity index (χ3v) is 0.586. The molecule has 0 saturated heterocycles. The van der Waals surface area contributed by atoms with Crippen molar-refractivity contribution in [2.75, 3.05) is 0 Å². The number of hydrogen-bond donors (Lipinski definition) is 0. The fourth-order valence-corrected chi connectivity index (χ4v) is 0.340. The van der Waals surface area contributed by atoms with E-state index in [2.05, 4.69) is 12.2 Å². The maximum atomic E-state index is 2.99. The zero-order valence-electron chi connectivity index (χ0n) is 5.57. The summed E-state index contributed by atoms with van der Waals surface area (Å²) in [5, 5.41) is 0. The van der Waals surface area contributed by atoms with E-state index in [1.807, 2.05) is 12.2 Å². The molecule has 0 bridgehead atoms. The molecular formula is C6H8F3Zr-2. The van der Waals surface area contributed by atoms with Gasteiger partial charge in [0.2, 0.25) is 0 Å². The average Bonchev–Trinajstić information content (AvgIpc) is 1.76. The van der Waals surface area contributed by atoms with Gasteiger partial charge in [-0.05, 0) is 0 Å². The minimum absolute atomic E-state index is 0. The van der Waals surface area contributed by atoms with E-state index in [0.717, 1.165) is 6.42 Å². The van der Waals surface area contributed by atoms with Crippen molar-refractivity contribution in [3.8, 4) is 0 Å². The van der Waals surface area contributed by atoms with Crippen molar-refractivity contribution in [2.24, 2.45) is 0 Å². The van der Waals surface area contributed by atoms with E-state index in [4.69, 9.17) is 0 Å². The van der Waals surface area contributed by atoms with Gasteiger partial charge in [-0.3, -0.25) is 6.08 Å². The van der Waals surface area contributed by atoms with Crippen molar-refractivity contribution >= 4 is 0 Å². The first kappa shape index (κ1) is 32.0. The van der Waals surface area contributed by atoms with Crippen molar-refractivity contribution in [3.05, 3.63) is 31.7 Å². The van der Waals surface area contributed by atoms with Gasteiger partial charge in [-0.25, -0.2) is 12.2 Å². The van der Waals surface area contributed by atoms with Crippen LogP contribution in [0.3, 0.4) is 0 Å². The van der Waals surface area contributed by atoms with Crippen LogP contribution in [-0.4, -0.2) is 0 Å². The van der Waals surface area contributed by atoms with Gasteiger partial charge in [0.1, 0.15) is 0 Å². The predicted molar refractivity (Wildman–Crippen MR) is 28.0 cm³/mol. The molecule has 0 N–H and O–H groups in total. The molecule has 59 valence electrons. The van der Waals surface area contributed by atoms with E-state index < -0.39 is 0 Å². The second kappa shape index (κ2) is 22.9. The Labute approximate surface area is 78.6 Å². The Morgan fingerprint density at radius 3 is 1.70 bits per heavy atom. The standard InChI is InChI=1S/C5H5.CH3.3FH.Zr/c1-2-4-5-3-1;;;;;/h1-3H,4H2;1H3;3*1H;/q2*-1;;;;+3/p-3. The van der Waals surface area contributed by atoms with Crippen LogP contribution in [0.2, 0.25) is 0 Å². The number of rotatable bonds is 0. The molecule has 0 aromatic rings. The van der Waals surface area contributed by atoms with Crippen LogP contribution in [0.1, 0.15) is 6.42 Å². The Hall–Kier alpha value is 0.153. The van der Waals surface area contributed by atoms with Gasteiger partial charge in [-0.2, -0.15) is 6.08 Å². The molecule has 0 aromatic carbocycles. The summed E-state index contributed by atoms with van der Waals surface area (Å²) in [7, 11) is 0. The summed E-state index contributed by atoms with van der Waals surface area (Å²) in [5.41, 5.74) is 0. The molecule has 0 aliphatic heterocycles. The van der Waals surface area contributed by atoms with Gasteiger partial charge < -0.3 is 21.5 Å². The normalized spacial score (nSPS) is 8.80. The van der Waals surface area contributed by atoms with Gasteiger partial charge in [0.05, 0.1) is 0 Å². The summed E-state index contributed by atoms with van der Waals surface area (Å²) in [6.07, 6.45) is 10.0. The molecule has 0 spiro atoms. The Bertz CT molecular complexity index is 71.1. The van der Waals surface area contributed by atoms with Gasteiger partial charge in [0.25, 0.3) is 0 Å². The largest absolute Gasteiger partial charge is 3.00 e. The van der Waals surface area contributed by atoms with Crippen molar-refractivity contribution in [2.45, 2.75) is 6.42 Å². The molecule has 0 aromatic heterocycles. The fourth-order valence-electron chi connectivity index (χ4n) is 0.340. The van der Waals surface area contributed by atoms with Crippen LogP contribution in [0.5, 0.6) is 0 Å². The minimum atomic E-state index is 0. The van der Waals surface area contributed by atoms with Crippen molar-refractivity contribution in [3.63, 3.8) is 0 Å². The van der Waals surface area contributed by atoms with Gasteiger partial charge in [-0.15, -0.1) is 6.42 Å². The zero-order valence-corrected chi connectivity index (χ0v) is 8.03. The van der Waals surface area contributed by atoms with Crippen LogP contribution in [0.15, 0.2) is 18.2 Å². The molecule has 10 heavy (non-hydrogen) atoms. The fraction of sp³-hybridized carbons (Fsp3) is 0.167. The van der Waals surface area contributed by atoms with E-state index in [9.17, 15) is 0 Å². The van der Waals surface area contributed by atoms with E-state index >= 15 is 0 Å². The maximum Gasteiger partial charge on any atom is 3.00 e. The Kier molecular flexibility index (Phi) is 73.4. The molecule has 0 nitrogen and oxygen atoms in total. The first-order valence-electron chi connectivity index (χ1n) is 1.72. The van der Waals surface area contributed by atoms with Crippen LogP contribution in [0.4, 0.5) is 0 Å². The van der Waals surface area contributed by atoms with Crippen LogP contribution in [-0.2, 0) is 26.2 Å². The molecule has 0 heterocycles. The number of hydrogen-bond acceptors (Lipinski definition) is 0. The molecule has 1 radical (unpaired) electrons. The molecule has 1 aliphatic carbocycles. The van der Waals surface area contributed by atoms with E-state index in [0.29, 0.717) is 0 Å². The molecule has 0 saturated carbocycles. The molecule has 0 fully saturated rings. The molecule has 1 aliphatic rings. The van der Waals surface area contributed by atoms with Crippen molar-refractivity contribution in [1.29, 1.82) is 0 Å². The molecule has 4 heteroatoms. The van der Waals surface area contributed by atoms with E-state index in [-0.39, 0.29) is 47.7 Å². The van der Waals surface area contributed by atoms with Crippen LogP contribution >= 0.6 is 0 Å². The smallest absolute Gasteiger partial charge is 1.00 e. The summed E-state index contributed by atoms with van der Waals surface area (Å²) >= 11 is 0. The SMILES string of the molecule is [C-]1=CC=CC1.[CH3-].[F-].[F-].[F-].[Zr+3]. The summed E-state index contributed by atoms with van der Waals surface area (Å²) in [5.74, 6) is 0. The van der Waals surface area contributed by atoms with Gasteiger partial charge >= 0.3 is 26.2 Å². The van der Waals surface area contributed by atoms with Crippen molar-refractivity contribution < 1.29 is 40.3 Å². The second-order valence-corrected chi connectivity index (χ2v) is 1.00. The Balaban J connectivity index is -0.0000000167. The van der Waals surface area contributed by atoms with Gasteiger partial charge in [0.15, 0.2) is 0 Å². The first-order valence-corrected chi connectivity index (χ1v) is 1.72. The summed E-state index contributed by atoms with van der Waals surface area (Å²) in [4.78, 5) is 0. The topological polar surface area (TPSA) is 0 Å². The van der Waals surface area contributed by atoms with Gasteiger partial charge in [0, 0.05) is 0 Å². The molecule has 1 rings (SSSR count). The predicted octanol–water partition coefficient (Wildman–Crippen LogP) is -7.23. The summed E-state index contributed by atoms with van der Waals surface area (Å²) in [6.45, 7) is 0. The quantitative estimate of drug-likeness (QED) is 0.362. The zero-order chi connectivity index (χ0) is 3.54. The molecular weight excluding hydrogens is 220 g/mol. The van der Waals surface area contributed by atoms with E-state index in [1.54, 1.807) is 0 Å². The summed E-state index contributed by atoms with van der Waals surface area (Å²) < 4.78 is 0. The van der Waals surface area contributed by atoms with Crippen LogP contribution in [0.25, 0.3) is 0 Å². The molecule has 0 unspecified atom stereocenters. The third kappa shape index (κ3) is 15.7. The average molecular weight is 228 g/mol. The van der Waals surface area contributed by atoms with Gasteiger partial charge in [-0.1, -0.05) is 0 Å². The molecule has 0 atom stereocenters. The first-order chi connectivity index (χ1) is 2.50. The minimum Gasteiger partial charge on any atom is -1.00 e. The number of halogens is 3. The van der Waals surface area contributed by atoms with E-state index in [1.165, 1.54) is 0 Å².